The van der Waals surface area contributed by atoms with Crippen LogP contribution in [0.5, 0.6) is 0 Å². The van der Waals surface area contributed by atoms with Crippen molar-refractivity contribution in [2.45, 2.75) is 45.7 Å². The molecule has 0 bridgehead atoms. The first-order chi connectivity index (χ1) is 16.7. The lowest BCUT2D eigenvalue weighted by Crippen LogP contribution is -2.30. The first-order valence-electron chi connectivity index (χ1n) is 11.6. The molecule has 1 heterocycles. The molecule has 4 rings (SSSR count). The second-order valence-electron chi connectivity index (χ2n) is 8.42. The van der Waals surface area contributed by atoms with Crippen molar-refractivity contribution >= 4 is 37.5 Å². The Morgan fingerprint density at radius 3 is 2.31 bits per heavy atom. The quantitative estimate of drug-likeness (QED) is 0.341. The van der Waals surface area contributed by atoms with Gasteiger partial charge in [0.25, 0.3) is 5.91 Å². The summed E-state index contributed by atoms with van der Waals surface area (Å²) in [5, 5.41) is 0. The van der Waals surface area contributed by atoms with Gasteiger partial charge in [-0.1, -0.05) is 54.7 Å². The minimum atomic E-state index is -3.70. The Hall–Kier alpha value is -3.07. The van der Waals surface area contributed by atoms with Gasteiger partial charge in [-0.3, -0.25) is 4.79 Å². The Labute approximate surface area is 210 Å². The predicted octanol–water partition coefficient (Wildman–Crippen LogP) is 5.29. The molecule has 1 aromatic heterocycles. The van der Waals surface area contributed by atoms with Crippen LogP contribution < -0.4 is 4.80 Å². The lowest BCUT2D eigenvalue weighted by atomic mass is 10.1. The van der Waals surface area contributed by atoms with E-state index in [1.807, 2.05) is 48.7 Å². The maximum Gasteiger partial charge on any atom is 0.279 e. The van der Waals surface area contributed by atoms with Gasteiger partial charge in [0.2, 0.25) is 10.0 Å². The standard InChI is InChI=1S/C27H29N3O3S2/c1-5-29(18-21-10-8-7-9-11-21)35(32,33)23-14-12-22(13-15-23)26(31)28-27-30(6-2)25-20(4)16-19(3)17-24(25)34-27/h7-17H,5-6,18H2,1-4H3. The molecule has 0 atom stereocenters. The molecule has 0 saturated carbocycles. The van der Waals surface area contributed by atoms with Gasteiger partial charge < -0.3 is 4.57 Å². The van der Waals surface area contributed by atoms with Crippen LogP contribution in [0.1, 0.15) is 40.9 Å². The van der Waals surface area contributed by atoms with Gasteiger partial charge in [0, 0.05) is 25.2 Å². The van der Waals surface area contributed by atoms with Crippen LogP contribution in [-0.4, -0.2) is 29.7 Å². The van der Waals surface area contributed by atoms with Crippen molar-refractivity contribution in [3.05, 3.63) is 93.8 Å². The second-order valence-corrected chi connectivity index (χ2v) is 11.4. The van der Waals surface area contributed by atoms with Crippen LogP contribution >= 0.6 is 11.3 Å². The summed E-state index contributed by atoms with van der Waals surface area (Å²) in [6.45, 7) is 9.29. The molecule has 8 heteroatoms. The number of amides is 1. The smallest absolute Gasteiger partial charge is 0.279 e. The summed E-state index contributed by atoms with van der Waals surface area (Å²) in [5.74, 6) is -0.395. The van der Waals surface area contributed by atoms with E-state index in [-0.39, 0.29) is 11.4 Å². The molecule has 0 radical (unpaired) electrons. The Balaban J connectivity index is 1.63. The van der Waals surface area contributed by atoms with Crippen LogP contribution in [0, 0.1) is 13.8 Å². The molecule has 35 heavy (non-hydrogen) atoms. The van der Waals surface area contributed by atoms with Crippen LogP contribution in [0.25, 0.3) is 10.2 Å². The van der Waals surface area contributed by atoms with Crippen molar-refractivity contribution in [2.24, 2.45) is 4.99 Å². The maximum absolute atomic E-state index is 13.2. The molecule has 0 fully saturated rings. The molecule has 0 aliphatic heterocycles. The van der Waals surface area contributed by atoms with Gasteiger partial charge in [-0.05, 0) is 67.8 Å². The fourth-order valence-electron chi connectivity index (χ4n) is 4.19. The number of sulfonamides is 1. The fraction of sp³-hybridized carbons (Fsp3) is 0.259. The zero-order chi connectivity index (χ0) is 25.2. The van der Waals surface area contributed by atoms with E-state index >= 15 is 0 Å². The summed E-state index contributed by atoms with van der Waals surface area (Å²) in [7, 11) is -3.70. The van der Waals surface area contributed by atoms with Crippen molar-refractivity contribution in [1.82, 2.24) is 8.87 Å². The first kappa shape index (κ1) is 25.0. The van der Waals surface area contributed by atoms with Gasteiger partial charge >= 0.3 is 0 Å². The van der Waals surface area contributed by atoms with E-state index in [1.165, 1.54) is 45.5 Å². The molecule has 0 saturated heterocycles. The number of hydrogen-bond acceptors (Lipinski definition) is 4. The zero-order valence-corrected chi connectivity index (χ0v) is 22.0. The molecule has 0 unspecified atom stereocenters. The summed E-state index contributed by atoms with van der Waals surface area (Å²) in [6, 6.07) is 19.8. The third kappa shape index (κ3) is 5.15. The molecule has 0 spiro atoms. The normalized spacial score (nSPS) is 12.5. The second kappa shape index (κ2) is 10.3. The van der Waals surface area contributed by atoms with Crippen LogP contribution in [0.2, 0.25) is 0 Å². The van der Waals surface area contributed by atoms with Crippen LogP contribution in [0.15, 0.2) is 76.6 Å². The lowest BCUT2D eigenvalue weighted by Gasteiger charge is -2.20. The fourth-order valence-corrected chi connectivity index (χ4v) is 6.90. The van der Waals surface area contributed by atoms with Gasteiger partial charge in [0.15, 0.2) is 4.80 Å². The van der Waals surface area contributed by atoms with E-state index in [4.69, 9.17) is 0 Å². The third-order valence-corrected chi connectivity index (χ3v) is 8.88. The summed E-state index contributed by atoms with van der Waals surface area (Å²) in [6.07, 6.45) is 0. The van der Waals surface area contributed by atoms with E-state index in [2.05, 4.69) is 31.0 Å². The van der Waals surface area contributed by atoms with E-state index < -0.39 is 15.9 Å². The number of aromatic nitrogens is 1. The Morgan fingerprint density at radius 1 is 1.00 bits per heavy atom. The summed E-state index contributed by atoms with van der Waals surface area (Å²) >= 11 is 1.49. The van der Waals surface area contributed by atoms with Gasteiger partial charge in [0.05, 0.1) is 15.1 Å². The van der Waals surface area contributed by atoms with Crippen molar-refractivity contribution in [3.8, 4) is 0 Å². The SMILES string of the molecule is CCN(Cc1ccccc1)S(=O)(=O)c1ccc(C(=O)N=c2sc3cc(C)cc(C)c3n2CC)cc1. The summed E-state index contributed by atoms with van der Waals surface area (Å²) in [4.78, 5) is 18.2. The number of carbonyl (C=O) groups excluding carboxylic acids is 1. The average molecular weight is 508 g/mol. The van der Waals surface area contributed by atoms with E-state index in [0.717, 1.165) is 21.3 Å². The number of carbonyl (C=O) groups is 1. The number of hydrogen-bond donors (Lipinski definition) is 0. The number of benzene rings is 3. The monoisotopic (exact) mass is 507 g/mol. The number of nitrogens with zero attached hydrogens (tertiary/aromatic N) is 3. The summed E-state index contributed by atoms with van der Waals surface area (Å²) < 4.78 is 31.0. The molecule has 0 aliphatic rings. The number of thiazole rings is 1. The van der Waals surface area contributed by atoms with Crippen molar-refractivity contribution < 1.29 is 13.2 Å². The zero-order valence-electron chi connectivity index (χ0n) is 20.4. The summed E-state index contributed by atoms with van der Waals surface area (Å²) in [5.41, 5.74) is 4.68. The molecule has 4 aromatic rings. The van der Waals surface area contributed by atoms with Gasteiger partial charge in [-0.2, -0.15) is 9.30 Å². The Morgan fingerprint density at radius 2 is 1.69 bits per heavy atom. The Bertz CT molecular complexity index is 1530. The maximum atomic E-state index is 13.2. The third-order valence-electron chi connectivity index (χ3n) is 5.92. The highest BCUT2D eigenvalue weighted by atomic mass is 32.2. The van der Waals surface area contributed by atoms with Crippen LogP contribution in [0.4, 0.5) is 0 Å². The minimum Gasteiger partial charge on any atom is -0.316 e. The Kier molecular flexibility index (Phi) is 7.35. The molecular formula is C27H29N3O3S2. The van der Waals surface area contributed by atoms with Crippen LogP contribution in [0.3, 0.4) is 0 Å². The topological polar surface area (TPSA) is 71.7 Å². The van der Waals surface area contributed by atoms with Crippen molar-refractivity contribution in [3.63, 3.8) is 0 Å². The number of rotatable bonds is 7. The molecule has 6 nitrogen and oxygen atoms in total. The molecule has 182 valence electrons. The average Bonchev–Trinajstić information content (AvgIpc) is 3.20. The van der Waals surface area contributed by atoms with E-state index in [9.17, 15) is 13.2 Å². The highest BCUT2D eigenvalue weighted by Gasteiger charge is 2.23. The number of fused-ring (bicyclic) bond motifs is 1. The molecule has 0 N–H and O–H groups in total. The number of aryl methyl sites for hydroxylation is 3. The first-order valence-corrected chi connectivity index (χ1v) is 13.8. The van der Waals surface area contributed by atoms with Gasteiger partial charge in [-0.15, -0.1) is 0 Å². The van der Waals surface area contributed by atoms with Crippen molar-refractivity contribution in [1.29, 1.82) is 0 Å². The minimum absolute atomic E-state index is 0.156. The van der Waals surface area contributed by atoms with Crippen LogP contribution in [-0.2, 0) is 23.1 Å². The molecule has 3 aromatic carbocycles. The highest BCUT2D eigenvalue weighted by Crippen LogP contribution is 2.23. The predicted molar refractivity (Wildman–Crippen MR) is 141 cm³/mol. The van der Waals surface area contributed by atoms with Crippen molar-refractivity contribution in [2.75, 3.05) is 6.54 Å². The molecular weight excluding hydrogens is 478 g/mol. The van der Waals surface area contributed by atoms with Gasteiger partial charge in [0.1, 0.15) is 0 Å². The molecule has 0 aliphatic carbocycles. The lowest BCUT2D eigenvalue weighted by molar-refractivity contribution is 0.0997. The largest absolute Gasteiger partial charge is 0.316 e. The highest BCUT2D eigenvalue weighted by molar-refractivity contribution is 7.89. The molecule has 1 amide bonds. The van der Waals surface area contributed by atoms with Gasteiger partial charge in [-0.25, -0.2) is 8.42 Å². The van der Waals surface area contributed by atoms with E-state index in [0.29, 0.717) is 23.5 Å². The van der Waals surface area contributed by atoms with E-state index in [1.54, 1.807) is 0 Å².